The third kappa shape index (κ3) is 2.76. The Morgan fingerprint density at radius 1 is 1.24 bits per heavy atom. The Morgan fingerprint density at radius 2 is 2.00 bits per heavy atom. The first-order valence-corrected chi connectivity index (χ1v) is 9.01. The van der Waals surface area contributed by atoms with Gasteiger partial charge in [0.2, 0.25) is 0 Å². The number of hydrogen-bond acceptors (Lipinski definition) is 4. The smallest absolute Gasteiger partial charge is 0.290 e. The van der Waals surface area contributed by atoms with Crippen molar-refractivity contribution in [1.82, 2.24) is 4.90 Å². The van der Waals surface area contributed by atoms with Crippen LogP contribution in [0.2, 0.25) is 0 Å². The molecule has 0 radical (unpaired) electrons. The minimum Gasteiger partial charge on any atom is -0.503 e. The average Bonchev–Trinajstić information content (AvgIpc) is 3.28. The van der Waals surface area contributed by atoms with E-state index in [9.17, 15) is 19.1 Å². The Labute approximate surface area is 148 Å². The maximum Gasteiger partial charge on any atom is 0.290 e. The summed E-state index contributed by atoms with van der Waals surface area (Å²) in [6.45, 7) is 0.223. The van der Waals surface area contributed by atoms with Crippen LogP contribution in [0.5, 0.6) is 0 Å². The summed E-state index contributed by atoms with van der Waals surface area (Å²) in [5, 5.41) is 12.3. The molecule has 128 valence electrons. The first kappa shape index (κ1) is 16.0. The summed E-state index contributed by atoms with van der Waals surface area (Å²) in [5.74, 6) is -2.06. The molecule has 1 fully saturated rings. The van der Waals surface area contributed by atoms with Crippen LogP contribution < -0.4 is 0 Å². The highest BCUT2D eigenvalue weighted by atomic mass is 32.1. The lowest BCUT2D eigenvalue weighted by molar-refractivity contribution is -0.130. The van der Waals surface area contributed by atoms with Crippen molar-refractivity contribution in [3.8, 4) is 0 Å². The highest BCUT2D eigenvalue weighted by Gasteiger charge is 2.47. The topological polar surface area (TPSA) is 57.6 Å². The van der Waals surface area contributed by atoms with Gasteiger partial charge in [-0.1, -0.05) is 24.3 Å². The molecule has 0 bridgehead atoms. The highest BCUT2D eigenvalue weighted by Crippen LogP contribution is 2.44. The van der Waals surface area contributed by atoms with Crippen molar-refractivity contribution in [3.05, 3.63) is 69.4 Å². The number of carbonyl (C=O) groups excluding carboxylic acids is 2. The van der Waals surface area contributed by atoms with Gasteiger partial charge in [-0.15, -0.1) is 11.3 Å². The van der Waals surface area contributed by atoms with E-state index in [2.05, 4.69) is 0 Å². The molecule has 2 aromatic rings. The number of aliphatic hydroxyl groups is 1. The average molecular weight is 357 g/mol. The molecule has 1 aromatic heterocycles. The van der Waals surface area contributed by atoms with Crippen molar-refractivity contribution < 1.29 is 19.1 Å². The second-order valence-electron chi connectivity index (χ2n) is 6.34. The molecule has 2 heterocycles. The Kier molecular flexibility index (Phi) is 3.92. The van der Waals surface area contributed by atoms with Crippen LogP contribution in [0.3, 0.4) is 0 Å². The Bertz CT molecular complexity index is 871. The fourth-order valence-electron chi connectivity index (χ4n) is 3.22. The lowest BCUT2D eigenvalue weighted by atomic mass is 9.94. The maximum atomic E-state index is 14.5. The predicted molar refractivity (Wildman–Crippen MR) is 91.4 cm³/mol. The summed E-state index contributed by atoms with van der Waals surface area (Å²) in [4.78, 5) is 27.6. The molecule has 1 amide bonds. The van der Waals surface area contributed by atoms with Gasteiger partial charge in [-0.25, -0.2) is 4.39 Å². The molecule has 4 nitrogen and oxygen atoms in total. The Hall–Kier alpha value is -2.47. The molecule has 1 aliphatic heterocycles. The van der Waals surface area contributed by atoms with E-state index in [0.717, 1.165) is 17.7 Å². The second-order valence-corrected chi connectivity index (χ2v) is 7.37. The molecule has 4 rings (SSSR count). The molecular formula is C19H16FNO3S. The van der Waals surface area contributed by atoms with Crippen molar-refractivity contribution in [2.24, 2.45) is 5.92 Å². The van der Waals surface area contributed by atoms with Gasteiger partial charge >= 0.3 is 0 Å². The fraction of sp³-hybridized carbons (Fsp3) is 0.263. The Morgan fingerprint density at radius 3 is 2.64 bits per heavy atom. The summed E-state index contributed by atoms with van der Waals surface area (Å²) >= 11 is 1.47. The van der Waals surface area contributed by atoms with Gasteiger partial charge in [0.05, 0.1) is 18.2 Å². The zero-order valence-corrected chi connectivity index (χ0v) is 14.1. The monoisotopic (exact) mass is 357 g/mol. The number of halogens is 1. The molecule has 1 aliphatic carbocycles. The largest absolute Gasteiger partial charge is 0.503 e. The maximum absolute atomic E-state index is 14.5. The molecule has 1 atom stereocenters. The summed E-state index contributed by atoms with van der Waals surface area (Å²) in [7, 11) is 0. The lowest BCUT2D eigenvalue weighted by Gasteiger charge is -2.26. The lowest BCUT2D eigenvalue weighted by Crippen LogP contribution is -2.31. The highest BCUT2D eigenvalue weighted by molar-refractivity contribution is 7.09. The standard InChI is InChI=1S/C19H16FNO3S/c20-14-6-2-1-5-13(14)16-15(17(22)11-7-8-11)18(23)19(24)21(16)10-12-4-3-9-25-12/h1-6,9,11,16,23H,7-8,10H2. The van der Waals surface area contributed by atoms with Gasteiger partial charge in [-0.05, 0) is 30.4 Å². The molecule has 2 aliphatic rings. The van der Waals surface area contributed by atoms with Crippen LogP contribution in [0.1, 0.15) is 29.3 Å². The summed E-state index contributed by atoms with van der Waals surface area (Å²) in [6.07, 6.45) is 1.50. The van der Waals surface area contributed by atoms with Gasteiger partial charge in [0.1, 0.15) is 5.82 Å². The predicted octanol–water partition coefficient (Wildman–Crippen LogP) is 3.76. The molecule has 1 saturated carbocycles. The molecule has 1 N–H and O–H groups in total. The van der Waals surface area contributed by atoms with Crippen molar-refractivity contribution in [1.29, 1.82) is 0 Å². The number of hydrogen-bond donors (Lipinski definition) is 1. The molecule has 0 saturated heterocycles. The molecule has 1 aromatic carbocycles. The second kappa shape index (κ2) is 6.11. The Balaban J connectivity index is 1.80. The third-order valence-corrected chi connectivity index (χ3v) is 5.48. The summed E-state index contributed by atoms with van der Waals surface area (Å²) < 4.78 is 14.5. The van der Waals surface area contributed by atoms with Gasteiger partial charge in [-0.2, -0.15) is 0 Å². The number of aliphatic hydroxyl groups excluding tert-OH is 1. The van der Waals surface area contributed by atoms with Crippen LogP contribution in [0.4, 0.5) is 4.39 Å². The van der Waals surface area contributed by atoms with Crippen molar-refractivity contribution in [3.63, 3.8) is 0 Å². The van der Waals surface area contributed by atoms with Gasteiger partial charge in [0.25, 0.3) is 5.91 Å². The minimum atomic E-state index is -0.885. The normalized spacial score (nSPS) is 20.4. The van der Waals surface area contributed by atoms with E-state index in [-0.39, 0.29) is 29.4 Å². The number of carbonyl (C=O) groups is 2. The first-order chi connectivity index (χ1) is 12.1. The summed E-state index contributed by atoms with van der Waals surface area (Å²) in [5.41, 5.74) is 0.273. The van der Waals surface area contributed by atoms with Gasteiger partial charge in [-0.3, -0.25) is 9.59 Å². The molecular weight excluding hydrogens is 341 g/mol. The van der Waals surface area contributed by atoms with Crippen LogP contribution in [0.25, 0.3) is 0 Å². The van der Waals surface area contributed by atoms with Gasteiger partial charge in [0.15, 0.2) is 11.5 Å². The van der Waals surface area contributed by atoms with Crippen LogP contribution in [-0.2, 0) is 16.1 Å². The number of rotatable bonds is 5. The van der Waals surface area contributed by atoms with Crippen LogP contribution in [0.15, 0.2) is 53.1 Å². The molecule has 1 unspecified atom stereocenters. The van der Waals surface area contributed by atoms with E-state index < -0.39 is 23.5 Å². The van der Waals surface area contributed by atoms with E-state index in [0.29, 0.717) is 0 Å². The fourth-order valence-corrected chi connectivity index (χ4v) is 3.93. The number of benzene rings is 1. The molecule has 6 heteroatoms. The van der Waals surface area contributed by atoms with Crippen molar-refractivity contribution in [2.75, 3.05) is 0 Å². The SMILES string of the molecule is O=C(C1=C(O)C(=O)N(Cc2cccs2)C1c1ccccc1F)C1CC1. The number of Topliss-reactive ketones (excluding diaryl/α,β-unsaturated/α-hetero) is 1. The van der Waals surface area contributed by atoms with Gasteiger partial charge in [0, 0.05) is 16.4 Å². The number of amides is 1. The van der Waals surface area contributed by atoms with Crippen LogP contribution in [0, 0.1) is 11.7 Å². The summed E-state index contributed by atoms with van der Waals surface area (Å²) in [6, 6.07) is 8.94. The quantitative estimate of drug-likeness (QED) is 0.886. The van der Waals surface area contributed by atoms with Crippen LogP contribution in [-0.4, -0.2) is 21.7 Å². The zero-order valence-electron chi connectivity index (χ0n) is 13.3. The van der Waals surface area contributed by atoms with E-state index in [4.69, 9.17) is 0 Å². The molecule has 0 spiro atoms. The zero-order chi connectivity index (χ0) is 17.6. The van der Waals surface area contributed by atoms with E-state index in [1.807, 2.05) is 17.5 Å². The van der Waals surface area contributed by atoms with Crippen LogP contribution >= 0.6 is 11.3 Å². The third-order valence-electron chi connectivity index (χ3n) is 4.62. The van der Waals surface area contributed by atoms with Gasteiger partial charge < -0.3 is 10.0 Å². The van der Waals surface area contributed by atoms with Crippen molar-refractivity contribution in [2.45, 2.75) is 25.4 Å². The van der Waals surface area contributed by atoms with E-state index in [1.54, 1.807) is 18.2 Å². The number of thiophene rings is 1. The van der Waals surface area contributed by atoms with E-state index in [1.165, 1.54) is 22.3 Å². The number of nitrogens with zero attached hydrogens (tertiary/aromatic N) is 1. The number of ketones is 1. The van der Waals surface area contributed by atoms with Crippen molar-refractivity contribution >= 4 is 23.0 Å². The first-order valence-electron chi connectivity index (χ1n) is 8.13. The minimum absolute atomic E-state index is 0.0363. The molecule has 25 heavy (non-hydrogen) atoms. The van der Waals surface area contributed by atoms with E-state index >= 15 is 0 Å².